The first-order valence-electron chi connectivity index (χ1n) is 8.76. The van der Waals surface area contributed by atoms with Crippen molar-refractivity contribution in [3.8, 4) is 0 Å². The van der Waals surface area contributed by atoms with Crippen molar-refractivity contribution in [1.29, 1.82) is 0 Å². The van der Waals surface area contributed by atoms with E-state index in [0.717, 1.165) is 12.8 Å². The monoisotopic (exact) mass is 447 g/mol. The van der Waals surface area contributed by atoms with Crippen LogP contribution >= 0.6 is 0 Å². The quantitative estimate of drug-likeness (QED) is 0.442. The summed E-state index contributed by atoms with van der Waals surface area (Å²) in [4.78, 5) is 0. The standard InChI is InChI=1S/C21H33OSi.2ClH.Ti/c1-19(2,3)18-15-11-12-16-21(18,22-23(6,7)8)20(4,5)17-13-9-10-14-17;;;/h9,11-13,15H,10,16H2,1-8H3;2*1H;/q-1;;;+3/p-2. The first kappa shape index (κ1) is 28.6. The molecule has 0 aromatic heterocycles. The molecule has 5 heteroatoms. The summed E-state index contributed by atoms with van der Waals surface area (Å²) in [5.74, 6) is 0. The molecular weight excluding hydrogens is 415 g/mol. The zero-order valence-electron chi connectivity index (χ0n) is 17.5. The molecule has 0 spiro atoms. The largest absolute Gasteiger partial charge is 3.00 e. The zero-order chi connectivity index (χ0) is 17.5. The Morgan fingerprint density at radius 2 is 1.62 bits per heavy atom. The average molecular weight is 448 g/mol. The van der Waals surface area contributed by atoms with E-state index in [0.29, 0.717) is 0 Å². The van der Waals surface area contributed by atoms with Gasteiger partial charge in [-0.05, 0) is 42.5 Å². The van der Waals surface area contributed by atoms with Gasteiger partial charge in [0.15, 0.2) is 8.32 Å². The van der Waals surface area contributed by atoms with Crippen LogP contribution < -0.4 is 24.8 Å². The predicted molar refractivity (Wildman–Crippen MR) is 103 cm³/mol. The Hall–Kier alpha value is 0.431. The Bertz CT molecular complexity index is 592. The van der Waals surface area contributed by atoms with Gasteiger partial charge in [-0.1, -0.05) is 52.8 Å². The third kappa shape index (κ3) is 5.72. The van der Waals surface area contributed by atoms with Crippen LogP contribution in [0.1, 0.15) is 47.5 Å². The van der Waals surface area contributed by atoms with Crippen LogP contribution in [-0.2, 0) is 26.1 Å². The summed E-state index contributed by atoms with van der Waals surface area (Å²) in [6, 6.07) is 0. The van der Waals surface area contributed by atoms with Gasteiger partial charge in [-0.3, -0.25) is 6.08 Å². The number of halogens is 2. The molecule has 0 aliphatic heterocycles. The van der Waals surface area contributed by atoms with Crippen LogP contribution in [-0.4, -0.2) is 13.9 Å². The summed E-state index contributed by atoms with van der Waals surface area (Å²) in [5.41, 5.74) is 2.38. The van der Waals surface area contributed by atoms with Crippen molar-refractivity contribution in [2.24, 2.45) is 10.8 Å². The molecule has 0 N–H and O–H groups in total. The minimum absolute atomic E-state index is 0. The van der Waals surface area contributed by atoms with Crippen LogP contribution in [0.25, 0.3) is 0 Å². The maximum atomic E-state index is 7.01. The SMILES string of the molecule is CC(C)(C)C1=CC=CCC1(O[Si](C)(C)C)C(C)(C)C1=[C-]CC=C1.[Cl-].[Cl-].[Ti+3]. The normalized spacial score (nSPS) is 22.6. The summed E-state index contributed by atoms with van der Waals surface area (Å²) in [6.45, 7) is 18.5. The minimum Gasteiger partial charge on any atom is -1.00 e. The van der Waals surface area contributed by atoms with Gasteiger partial charge in [0.1, 0.15) is 0 Å². The van der Waals surface area contributed by atoms with Crippen LogP contribution in [0.4, 0.5) is 0 Å². The van der Waals surface area contributed by atoms with E-state index >= 15 is 0 Å². The molecule has 1 atom stereocenters. The first-order valence-corrected chi connectivity index (χ1v) is 12.2. The fraction of sp³-hybridized carbons (Fsp3) is 0.619. The van der Waals surface area contributed by atoms with Crippen molar-refractivity contribution in [3.05, 3.63) is 47.6 Å². The van der Waals surface area contributed by atoms with Crippen molar-refractivity contribution < 1.29 is 51.0 Å². The summed E-state index contributed by atoms with van der Waals surface area (Å²) in [6.07, 6.45) is 16.6. The summed E-state index contributed by atoms with van der Waals surface area (Å²) in [7, 11) is -1.74. The van der Waals surface area contributed by atoms with Gasteiger partial charge in [0.05, 0.1) is 5.60 Å². The van der Waals surface area contributed by atoms with Gasteiger partial charge in [0, 0.05) is 0 Å². The second-order valence-corrected chi connectivity index (χ2v) is 13.8. The fourth-order valence-electron chi connectivity index (χ4n) is 3.89. The van der Waals surface area contributed by atoms with Crippen molar-refractivity contribution >= 4 is 8.32 Å². The summed E-state index contributed by atoms with van der Waals surface area (Å²) in [5, 5.41) is 0. The molecule has 0 bridgehead atoms. The van der Waals surface area contributed by atoms with Crippen LogP contribution in [0.2, 0.25) is 19.6 Å². The third-order valence-electron chi connectivity index (χ3n) is 4.91. The summed E-state index contributed by atoms with van der Waals surface area (Å²) < 4.78 is 7.01. The van der Waals surface area contributed by atoms with E-state index in [2.05, 4.69) is 90.7 Å². The smallest absolute Gasteiger partial charge is 1.00 e. The van der Waals surface area contributed by atoms with Crippen LogP contribution in [0.15, 0.2) is 41.5 Å². The number of hydrogen-bond donors (Lipinski definition) is 0. The molecule has 0 heterocycles. The topological polar surface area (TPSA) is 9.23 Å². The molecule has 145 valence electrons. The molecule has 0 aromatic carbocycles. The van der Waals surface area contributed by atoms with E-state index in [-0.39, 0.29) is 63.0 Å². The van der Waals surface area contributed by atoms with Crippen LogP contribution in [0, 0.1) is 16.9 Å². The molecule has 0 fully saturated rings. The second-order valence-electron chi connectivity index (χ2n) is 9.33. The minimum atomic E-state index is -1.74. The first-order chi connectivity index (χ1) is 10.4. The molecular formula is C21H33Cl2OSiTi. The Morgan fingerprint density at radius 1 is 1.04 bits per heavy atom. The molecule has 0 saturated heterocycles. The number of rotatable bonds is 4. The molecule has 1 unspecified atom stereocenters. The van der Waals surface area contributed by atoms with Gasteiger partial charge in [0.2, 0.25) is 0 Å². The van der Waals surface area contributed by atoms with E-state index in [1.165, 1.54) is 11.1 Å². The van der Waals surface area contributed by atoms with Crippen molar-refractivity contribution in [1.82, 2.24) is 0 Å². The Labute approximate surface area is 189 Å². The van der Waals surface area contributed by atoms with Crippen molar-refractivity contribution in [2.45, 2.75) is 72.7 Å². The average Bonchev–Trinajstić information content (AvgIpc) is 2.90. The van der Waals surface area contributed by atoms with Gasteiger partial charge in [-0.2, -0.15) is 6.08 Å². The van der Waals surface area contributed by atoms with E-state index in [9.17, 15) is 0 Å². The second kappa shape index (κ2) is 9.76. The van der Waals surface area contributed by atoms with Gasteiger partial charge < -0.3 is 29.2 Å². The summed E-state index contributed by atoms with van der Waals surface area (Å²) >= 11 is 0. The Morgan fingerprint density at radius 3 is 2.04 bits per heavy atom. The fourth-order valence-corrected chi connectivity index (χ4v) is 5.38. The van der Waals surface area contributed by atoms with E-state index in [1.807, 2.05) is 0 Å². The van der Waals surface area contributed by atoms with Crippen molar-refractivity contribution in [3.63, 3.8) is 0 Å². The van der Waals surface area contributed by atoms with E-state index in [1.54, 1.807) is 0 Å². The zero-order valence-corrected chi connectivity index (χ0v) is 21.5. The molecule has 0 aromatic rings. The predicted octanol–water partition coefficient (Wildman–Crippen LogP) is 0.230. The van der Waals surface area contributed by atoms with Crippen molar-refractivity contribution in [2.75, 3.05) is 0 Å². The molecule has 0 amide bonds. The molecule has 1 radical (unpaired) electrons. The number of hydrogen-bond acceptors (Lipinski definition) is 1. The molecule has 0 saturated carbocycles. The van der Waals surface area contributed by atoms with Gasteiger partial charge in [-0.25, -0.2) is 11.6 Å². The van der Waals surface area contributed by atoms with Gasteiger partial charge in [-0.15, -0.1) is 6.42 Å². The molecule has 2 aliphatic rings. The Kier molecular flexibility index (Phi) is 10.8. The van der Waals surface area contributed by atoms with Gasteiger partial charge in [0.25, 0.3) is 0 Å². The van der Waals surface area contributed by atoms with Gasteiger partial charge >= 0.3 is 21.7 Å². The number of allylic oxidation sites excluding steroid dienone is 5. The maximum Gasteiger partial charge on any atom is 3.00 e. The molecule has 2 rings (SSSR count). The molecule has 2 aliphatic carbocycles. The third-order valence-corrected chi connectivity index (χ3v) is 5.87. The maximum absolute atomic E-state index is 7.01. The van der Waals surface area contributed by atoms with E-state index in [4.69, 9.17) is 4.43 Å². The van der Waals surface area contributed by atoms with Crippen LogP contribution in [0.3, 0.4) is 0 Å². The molecule has 26 heavy (non-hydrogen) atoms. The van der Waals surface area contributed by atoms with Crippen LogP contribution in [0.5, 0.6) is 0 Å². The van der Waals surface area contributed by atoms with E-state index < -0.39 is 8.32 Å². The molecule has 1 nitrogen and oxygen atoms in total. The Balaban J connectivity index is 0.